The van der Waals surface area contributed by atoms with E-state index in [0.29, 0.717) is 32.3 Å². The van der Waals surface area contributed by atoms with E-state index in [-0.39, 0.29) is 6.61 Å². The maximum atomic E-state index is 11.1. The Labute approximate surface area is 147 Å². The van der Waals surface area contributed by atoms with Gasteiger partial charge in [-0.1, -0.05) is 24.8 Å². The predicted octanol–water partition coefficient (Wildman–Crippen LogP) is 3.68. The van der Waals surface area contributed by atoms with Gasteiger partial charge in [0, 0.05) is 30.7 Å². The van der Waals surface area contributed by atoms with Gasteiger partial charge < -0.3 is 18.0 Å². The van der Waals surface area contributed by atoms with Crippen LogP contribution in [0.5, 0.6) is 0 Å². The summed E-state index contributed by atoms with van der Waals surface area (Å²) in [6.07, 6.45) is 6.91. The van der Waals surface area contributed by atoms with E-state index in [1.165, 1.54) is 0 Å². The van der Waals surface area contributed by atoms with Crippen LogP contribution in [0.25, 0.3) is 0 Å². The monoisotopic (exact) mass is 354 g/mol. The Morgan fingerprint density at radius 1 is 1.00 bits per heavy atom. The van der Waals surface area contributed by atoms with Crippen molar-refractivity contribution in [2.75, 3.05) is 26.4 Å². The molecule has 0 rings (SSSR count). The standard InChI is InChI=1S/C18H30O5Si/c1-7-17(19)20-14-13-15-24(21-11-5,22-12-6)23-16-18(8-2,9-3)10-4/h7-10H,1-4,11-16H2,5-6H3. The van der Waals surface area contributed by atoms with E-state index in [1.54, 1.807) is 18.2 Å². The summed E-state index contributed by atoms with van der Waals surface area (Å²) in [5, 5.41) is 0. The highest BCUT2D eigenvalue weighted by Gasteiger charge is 2.41. The molecule has 0 aromatic heterocycles. The smallest absolute Gasteiger partial charge is 0.463 e. The van der Waals surface area contributed by atoms with Gasteiger partial charge in [-0.25, -0.2) is 4.79 Å². The molecular weight excluding hydrogens is 324 g/mol. The largest absolute Gasteiger partial charge is 0.501 e. The minimum atomic E-state index is -2.90. The molecule has 5 nitrogen and oxygen atoms in total. The lowest BCUT2D eigenvalue weighted by atomic mass is 9.90. The molecule has 0 bridgehead atoms. The van der Waals surface area contributed by atoms with Gasteiger partial charge >= 0.3 is 14.8 Å². The predicted molar refractivity (Wildman–Crippen MR) is 98.6 cm³/mol. The van der Waals surface area contributed by atoms with Crippen molar-refractivity contribution in [2.45, 2.75) is 26.3 Å². The van der Waals surface area contributed by atoms with E-state index in [2.05, 4.69) is 26.3 Å². The minimum absolute atomic E-state index is 0.263. The number of hydrogen-bond acceptors (Lipinski definition) is 5. The van der Waals surface area contributed by atoms with E-state index >= 15 is 0 Å². The van der Waals surface area contributed by atoms with Crippen LogP contribution in [-0.4, -0.2) is 41.2 Å². The summed E-state index contributed by atoms with van der Waals surface area (Å²) in [6.45, 7) is 20.1. The molecule has 0 aliphatic heterocycles. The van der Waals surface area contributed by atoms with Crippen LogP contribution < -0.4 is 0 Å². The van der Waals surface area contributed by atoms with Crippen molar-refractivity contribution in [2.24, 2.45) is 5.41 Å². The second-order valence-corrected chi connectivity index (χ2v) is 7.77. The SMILES string of the molecule is C=CC(=O)OCCC[Si](OCC)(OCC)OCC(C=C)(C=C)C=C. The van der Waals surface area contributed by atoms with Crippen LogP contribution in [0.15, 0.2) is 50.6 Å². The highest BCUT2D eigenvalue weighted by atomic mass is 28.4. The molecule has 136 valence electrons. The molecule has 0 radical (unpaired) electrons. The summed E-state index contributed by atoms with van der Waals surface area (Å²) in [7, 11) is -2.90. The average Bonchev–Trinajstić information content (AvgIpc) is 2.60. The van der Waals surface area contributed by atoms with Crippen LogP contribution in [-0.2, 0) is 22.8 Å². The molecule has 0 N–H and O–H groups in total. The van der Waals surface area contributed by atoms with Gasteiger partial charge in [-0.15, -0.1) is 19.7 Å². The Morgan fingerprint density at radius 2 is 1.54 bits per heavy atom. The summed E-state index contributed by atoms with van der Waals surface area (Å²) >= 11 is 0. The molecule has 0 saturated heterocycles. The van der Waals surface area contributed by atoms with Gasteiger partial charge in [0.2, 0.25) is 0 Å². The number of carbonyl (C=O) groups excluding carboxylic acids is 1. The van der Waals surface area contributed by atoms with Gasteiger partial charge in [-0.05, 0) is 20.3 Å². The lowest BCUT2D eigenvalue weighted by Crippen LogP contribution is -2.48. The third kappa shape index (κ3) is 7.40. The minimum Gasteiger partial charge on any atom is -0.463 e. The van der Waals surface area contributed by atoms with Crippen molar-refractivity contribution in [1.29, 1.82) is 0 Å². The second kappa shape index (κ2) is 12.0. The zero-order valence-corrected chi connectivity index (χ0v) is 15.9. The number of hydrogen-bond donors (Lipinski definition) is 0. The normalized spacial score (nSPS) is 11.6. The molecule has 6 heteroatoms. The molecule has 0 aliphatic rings. The maximum Gasteiger partial charge on any atom is 0.501 e. The zero-order valence-electron chi connectivity index (χ0n) is 14.9. The van der Waals surface area contributed by atoms with Crippen LogP contribution in [0, 0.1) is 5.41 Å². The fraction of sp³-hybridized carbons (Fsp3) is 0.500. The van der Waals surface area contributed by atoms with Crippen LogP contribution in [0.3, 0.4) is 0 Å². The number of carbonyl (C=O) groups is 1. The third-order valence-electron chi connectivity index (χ3n) is 3.45. The molecule has 0 spiro atoms. The Kier molecular flexibility index (Phi) is 11.2. The lowest BCUT2D eigenvalue weighted by Gasteiger charge is -2.32. The van der Waals surface area contributed by atoms with E-state index in [0.717, 1.165) is 6.08 Å². The van der Waals surface area contributed by atoms with Crippen molar-refractivity contribution >= 4 is 14.8 Å². The highest BCUT2D eigenvalue weighted by Crippen LogP contribution is 2.27. The second-order valence-electron chi connectivity index (χ2n) is 5.04. The fourth-order valence-electron chi connectivity index (χ4n) is 1.96. The van der Waals surface area contributed by atoms with E-state index in [9.17, 15) is 4.79 Å². The van der Waals surface area contributed by atoms with Crippen molar-refractivity contribution in [3.05, 3.63) is 50.6 Å². The van der Waals surface area contributed by atoms with Crippen LogP contribution in [0.4, 0.5) is 0 Å². The molecule has 24 heavy (non-hydrogen) atoms. The quantitative estimate of drug-likeness (QED) is 0.148. The molecule has 0 amide bonds. The lowest BCUT2D eigenvalue weighted by molar-refractivity contribution is -0.137. The zero-order chi connectivity index (χ0) is 18.5. The highest BCUT2D eigenvalue weighted by molar-refractivity contribution is 6.60. The van der Waals surface area contributed by atoms with Gasteiger partial charge in [0.15, 0.2) is 0 Å². The number of ether oxygens (including phenoxy) is 1. The van der Waals surface area contributed by atoms with Gasteiger partial charge in [-0.3, -0.25) is 0 Å². The van der Waals surface area contributed by atoms with Crippen LogP contribution >= 0.6 is 0 Å². The molecule has 0 aliphatic carbocycles. The molecule has 0 saturated carbocycles. The van der Waals surface area contributed by atoms with Crippen molar-refractivity contribution < 1.29 is 22.8 Å². The summed E-state index contributed by atoms with van der Waals surface area (Å²) in [5.74, 6) is -0.444. The Bertz CT molecular complexity index is 405. The number of esters is 1. The summed E-state index contributed by atoms with van der Waals surface area (Å²) in [6, 6.07) is 0.542. The van der Waals surface area contributed by atoms with Gasteiger partial charge in [0.1, 0.15) is 0 Å². The first-order valence-corrected chi connectivity index (χ1v) is 10.0. The van der Waals surface area contributed by atoms with Gasteiger partial charge in [-0.2, -0.15) is 0 Å². The molecule has 0 heterocycles. The molecule has 0 unspecified atom stereocenters. The van der Waals surface area contributed by atoms with Gasteiger partial charge in [0.25, 0.3) is 0 Å². The fourth-order valence-corrected chi connectivity index (χ4v) is 4.57. The number of rotatable bonds is 15. The average molecular weight is 355 g/mol. The maximum absolute atomic E-state index is 11.1. The first-order chi connectivity index (χ1) is 11.5. The van der Waals surface area contributed by atoms with Crippen LogP contribution in [0.1, 0.15) is 20.3 Å². The Hall–Kier alpha value is -1.47. The Balaban J connectivity index is 4.94. The topological polar surface area (TPSA) is 54.0 Å². The van der Waals surface area contributed by atoms with E-state index in [4.69, 9.17) is 18.0 Å². The molecule has 0 aromatic rings. The molecule has 0 aromatic carbocycles. The molecular formula is C18H30O5Si. The third-order valence-corrected chi connectivity index (χ3v) is 6.46. The van der Waals surface area contributed by atoms with Gasteiger partial charge in [0.05, 0.1) is 13.2 Å². The Morgan fingerprint density at radius 3 is 1.96 bits per heavy atom. The van der Waals surface area contributed by atoms with E-state index in [1.807, 2.05) is 13.8 Å². The summed E-state index contributed by atoms with van der Waals surface area (Å²) in [4.78, 5) is 11.1. The first-order valence-electron chi connectivity index (χ1n) is 8.08. The first kappa shape index (κ1) is 22.5. The summed E-state index contributed by atoms with van der Waals surface area (Å²) in [5.41, 5.74) is -0.540. The summed E-state index contributed by atoms with van der Waals surface area (Å²) < 4.78 is 22.8. The molecule has 0 fully saturated rings. The van der Waals surface area contributed by atoms with Crippen molar-refractivity contribution in [3.8, 4) is 0 Å². The van der Waals surface area contributed by atoms with Crippen LogP contribution in [0.2, 0.25) is 6.04 Å². The van der Waals surface area contributed by atoms with Crippen molar-refractivity contribution in [1.82, 2.24) is 0 Å². The molecule has 0 atom stereocenters. The van der Waals surface area contributed by atoms with E-state index < -0.39 is 20.2 Å². The van der Waals surface area contributed by atoms with Crippen molar-refractivity contribution in [3.63, 3.8) is 0 Å².